The third kappa shape index (κ3) is 4.73. The van der Waals surface area contributed by atoms with E-state index in [0.717, 1.165) is 0 Å². The van der Waals surface area contributed by atoms with Gasteiger partial charge in [0.1, 0.15) is 6.61 Å². The second-order valence-electron chi connectivity index (χ2n) is 3.52. The first-order valence-electron chi connectivity index (χ1n) is 6.03. The molecule has 17 heavy (non-hydrogen) atoms. The fraction of sp³-hybridized carbons (Fsp3) is 0.833. The maximum Gasteiger partial charge on any atom is 0.338 e. The van der Waals surface area contributed by atoms with Gasteiger partial charge in [-0.25, -0.2) is 9.59 Å². The lowest BCUT2D eigenvalue weighted by molar-refractivity contribution is -0.179. The molecule has 0 heterocycles. The summed E-state index contributed by atoms with van der Waals surface area (Å²) in [6.07, 6.45) is 0.920. The second-order valence-corrected chi connectivity index (χ2v) is 3.52. The van der Waals surface area contributed by atoms with Gasteiger partial charge < -0.3 is 14.2 Å². The zero-order valence-electron chi connectivity index (χ0n) is 11.1. The van der Waals surface area contributed by atoms with Gasteiger partial charge in [-0.3, -0.25) is 0 Å². The fourth-order valence-corrected chi connectivity index (χ4v) is 1.46. The SMILES string of the molecule is CCOC(=O)COC(CC)(CC)C(=O)OCC. The topological polar surface area (TPSA) is 61.8 Å². The maximum absolute atomic E-state index is 11.8. The molecule has 0 aliphatic rings. The smallest absolute Gasteiger partial charge is 0.338 e. The maximum atomic E-state index is 11.8. The fourth-order valence-electron chi connectivity index (χ4n) is 1.46. The lowest BCUT2D eigenvalue weighted by atomic mass is 9.97. The van der Waals surface area contributed by atoms with Crippen molar-refractivity contribution in [1.82, 2.24) is 0 Å². The largest absolute Gasteiger partial charge is 0.464 e. The van der Waals surface area contributed by atoms with Gasteiger partial charge in [0.2, 0.25) is 0 Å². The molecule has 100 valence electrons. The van der Waals surface area contributed by atoms with Crippen LogP contribution in [0.4, 0.5) is 0 Å². The molecule has 0 aromatic rings. The average Bonchev–Trinajstić information content (AvgIpc) is 2.32. The molecule has 0 unspecified atom stereocenters. The minimum absolute atomic E-state index is 0.228. The Morgan fingerprint density at radius 1 is 0.941 bits per heavy atom. The van der Waals surface area contributed by atoms with Gasteiger partial charge in [-0.1, -0.05) is 13.8 Å². The van der Waals surface area contributed by atoms with Crippen molar-refractivity contribution in [3.05, 3.63) is 0 Å². The molecule has 0 N–H and O–H groups in total. The van der Waals surface area contributed by atoms with E-state index in [0.29, 0.717) is 26.1 Å². The molecule has 0 aromatic heterocycles. The van der Waals surface area contributed by atoms with E-state index in [1.165, 1.54) is 0 Å². The van der Waals surface area contributed by atoms with Gasteiger partial charge in [-0.15, -0.1) is 0 Å². The molecule has 0 radical (unpaired) electrons. The Balaban J connectivity index is 4.50. The number of rotatable bonds is 8. The minimum atomic E-state index is -1.04. The van der Waals surface area contributed by atoms with Gasteiger partial charge >= 0.3 is 11.9 Å². The van der Waals surface area contributed by atoms with Crippen LogP contribution in [0.25, 0.3) is 0 Å². The van der Waals surface area contributed by atoms with Gasteiger partial charge in [0.25, 0.3) is 0 Å². The molecule has 5 heteroatoms. The molecule has 5 nitrogen and oxygen atoms in total. The second kappa shape index (κ2) is 8.06. The molecule has 0 saturated heterocycles. The Kier molecular flexibility index (Phi) is 7.54. The first-order valence-corrected chi connectivity index (χ1v) is 6.03. The molecule has 0 saturated carbocycles. The third-order valence-corrected chi connectivity index (χ3v) is 2.56. The normalized spacial score (nSPS) is 11.1. The molecule has 0 fully saturated rings. The highest BCUT2D eigenvalue weighted by Gasteiger charge is 2.38. The highest BCUT2D eigenvalue weighted by atomic mass is 16.6. The van der Waals surface area contributed by atoms with Crippen molar-refractivity contribution in [2.75, 3.05) is 19.8 Å². The summed E-state index contributed by atoms with van der Waals surface area (Å²) in [6, 6.07) is 0. The number of carbonyl (C=O) groups is 2. The van der Waals surface area contributed by atoms with Gasteiger partial charge in [-0.05, 0) is 26.7 Å². The van der Waals surface area contributed by atoms with Crippen molar-refractivity contribution in [3.63, 3.8) is 0 Å². The molecule has 0 aliphatic heterocycles. The van der Waals surface area contributed by atoms with E-state index < -0.39 is 17.5 Å². The van der Waals surface area contributed by atoms with Crippen molar-refractivity contribution in [1.29, 1.82) is 0 Å². The van der Waals surface area contributed by atoms with Crippen LogP contribution in [0.5, 0.6) is 0 Å². The predicted octanol–water partition coefficient (Wildman–Crippen LogP) is 1.69. The summed E-state index contributed by atoms with van der Waals surface area (Å²) in [5.41, 5.74) is -1.04. The van der Waals surface area contributed by atoms with Crippen molar-refractivity contribution in [2.45, 2.75) is 46.1 Å². The van der Waals surface area contributed by atoms with Crippen LogP contribution < -0.4 is 0 Å². The average molecular weight is 246 g/mol. The summed E-state index contributed by atoms with van der Waals surface area (Å²) in [6.45, 7) is 7.47. The van der Waals surface area contributed by atoms with E-state index in [1.807, 2.05) is 13.8 Å². The molecule has 0 bridgehead atoms. The lowest BCUT2D eigenvalue weighted by Crippen LogP contribution is -2.43. The van der Waals surface area contributed by atoms with Crippen molar-refractivity contribution < 1.29 is 23.8 Å². The van der Waals surface area contributed by atoms with Crippen LogP contribution in [-0.2, 0) is 23.8 Å². The van der Waals surface area contributed by atoms with E-state index in [1.54, 1.807) is 13.8 Å². The van der Waals surface area contributed by atoms with Gasteiger partial charge in [-0.2, -0.15) is 0 Å². The van der Waals surface area contributed by atoms with E-state index in [2.05, 4.69) is 0 Å². The van der Waals surface area contributed by atoms with Crippen molar-refractivity contribution in [3.8, 4) is 0 Å². The zero-order chi connectivity index (χ0) is 13.3. The van der Waals surface area contributed by atoms with E-state index in [9.17, 15) is 9.59 Å². The number of hydrogen-bond acceptors (Lipinski definition) is 5. The highest BCUT2D eigenvalue weighted by Crippen LogP contribution is 2.22. The van der Waals surface area contributed by atoms with Crippen LogP contribution in [0.1, 0.15) is 40.5 Å². The van der Waals surface area contributed by atoms with Crippen LogP contribution >= 0.6 is 0 Å². The van der Waals surface area contributed by atoms with Gasteiger partial charge in [0, 0.05) is 0 Å². The van der Waals surface area contributed by atoms with E-state index in [-0.39, 0.29) is 6.61 Å². The van der Waals surface area contributed by atoms with Crippen LogP contribution in [-0.4, -0.2) is 37.4 Å². The van der Waals surface area contributed by atoms with Gasteiger partial charge in [0.15, 0.2) is 5.60 Å². The number of hydrogen-bond donors (Lipinski definition) is 0. The van der Waals surface area contributed by atoms with Crippen molar-refractivity contribution in [2.24, 2.45) is 0 Å². The zero-order valence-corrected chi connectivity index (χ0v) is 11.1. The Labute approximate surface area is 102 Å². The standard InChI is InChI=1S/C12H22O5/c1-5-12(6-2,11(14)16-8-4)17-9-10(13)15-7-3/h5-9H2,1-4H3. The number of carbonyl (C=O) groups excluding carboxylic acids is 2. The highest BCUT2D eigenvalue weighted by molar-refractivity contribution is 5.80. The summed E-state index contributed by atoms with van der Waals surface area (Å²) in [7, 11) is 0. The molecular weight excluding hydrogens is 224 g/mol. The summed E-state index contributed by atoms with van der Waals surface area (Å²) in [4.78, 5) is 23.0. The number of esters is 2. The van der Waals surface area contributed by atoms with Crippen LogP contribution in [0.15, 0.2) is 0 Å². The van der Waals surface area contributed by atoms with Crippen LogP contribution in [0.3, 0.4) is 0 Å². The molecular formula is C12H22O5. The molecule has 0 amide bonds. The summed E-state index contributed by atoms with van der Waals surface area (Å²) >= 11 is 0. The number of ether oxygens (including phenoxy) is 3. The third-order valence-electron chi connectivity index (χ3n) is 2.56. The summed E-state index contributed by atoms with van der Waals surface area (Å²) < 4.78 is 15.1. The van der Waals surface area contributed by atoms with Gasteiger partial charge in [0.05, 0.1) is 13.2 Å². The predicted molar refractivity (Wildman–Crippen MR) is 62.5 cm³/mol. The quantitative estimate of drug-likeness (QED) is 0.610. The summed E-state index contributed by atoms with van der Waals surface area (Å²) in [5.74, 6) is -0.891. The Hall–Kier alpha value is -1.10. The van der Waals surface area contributed by atoms with Crippen molar-refractivity contribution >= 4 is 11.9 Å². The van der Waals surface area contributed by atoms with Crippen LogP contribution in [0, 0.1) is 0 Å². The lowest BCUT2D eigenvalue weighted by Gasteiger charge is -2.28. The van der Waals surface area contributed by atoms with E-state index in [4.69, 9.17) is 14.2 Å². The Morgan fingerprint density at radius 3 is 1.88 bits per heavy atom. The van der Waals surface area contributed by atoms with E-state index >= 15 is 0 Å². The first-order chi connectivity index (χ1) is 8.06. The molecule has 0 aliphatic carbocycles. The Bertz CT molecular complexity index is 245. The Morgan fingerprint density at radius 2 is 1.47 bits per heavy atom. The summed E-state index contributed by atoms with van der Waals surface area (Å²) in [5, 5.41) is 0. The first kappa shape index (κ1) is 15.9. The molecule has 0 rings (SSSR count). The monoisotopic (exact) mass is 246 g/mol. The molecule has 0 spiro atoms. The molecule has 0 atom stereocenters. The van der Waals surface area contributed by atoms with Crippen LogP contribution in [0.2, 0.25) is 0 Å². The molecule has 0 aromatic carbocycles. The minimum Gasteiger partial charge on any atom is -0.464 e.